The molecule has 0 saturated heterocycles. The van der Waals surface area contributed by atoms with Crippen molar-refractivity contribution in [2.24, 2.45) is 0 Å². The van der Waals surface area contributed by atoms with E-state index in [0.29, 0.717) is 5.56 Å². The fraction of sp³-hybridized carbons (Fsp3) is 0.200. The monoisotopic (exact) mass is 305 g/mol. The van der Waals surface area contributed by atoms with E-state index < -0.39 is 0 Å². The molecule has 0 spiro atoms. The predicted octanol–water partition coefficient (Wildman–Crippen LogP) is 2.82. The van der Waals surface area contributed by atoms with Crippen molar-refractivity contribution in [2.45, 2.75) is 13.0 Å². The van der Waals surface area contributed by atoms with Gasteiger partial charge in [0.2, 0.25) is 0 Å². The summed E-state index contributed by atoms with van der Waals surface area (Å²) in [5, 5.41) is 3.14. The van der Waals surface area contributed by atoms with Gasteiger partial charge < -0.3 is 15.8 Å². The van der Waals surface area contributed by atoms with Crippen LogP contribution < -0.4 is 15.8 Å². The highest BCUT2D eigenvalue weighted by molar-refractivity contribution is 6.33. The van der Waals surface area contributed by atoms with Crippen molar-refractivity contribution in [1.29, 1.82) is 0 Å². The number of halogens is 1. The summed E-state index contributed by atoms with van der Waals surface area (Å²) < 4.78 is 5.10. The van der Waals surface area contributed by atoms with Gasteiger partial charge in [0.25, 0.3) is 5.91 Å². The Morgan fingerprint density at radius 1 is 1.38 bits per heavy atom. The molecule has 21 heavy (non-hydrogen) atoms. The third kappa shape index (κ3) is 3.64. The summed E-state index contributed by atoms with van der Waals surface area (Å²) in [4.78, 5) is 16.1. The highest BCUT2D eigenvalue weighted by Gasteiger charge is 2.15. The molecule has 0 fully saturated rings. The second-order valence-corrected chi connectivity index (χ2v) is 4.96. The van der Waals surface area contributed by atoms with Gasteiger partial charge in [-0.1, -0.05) is 23.7 Å². The molecule has 1 amide bonds. The molecule has 1 atom stereocenters. The first-order chi connectivity index (χ1) is 10.0. The van der Waals surface area contributed by atoms with Gasteiger partial charge in [0, 0.05) is 6.20 Å². The number of pyridine rings is 1. The lowest BCUT2D eigenvalue weighted by molar-refractivity contribution is 0.0940. The minimum atomic E-state index is -0.294. The average Bonchev–Trinajstić information content (AvgIpc) is 2.49. The smallest absolute Gasteiger partial charge is 0.253 e. The van der Waals surface area contributed by atoms with Crippen molar-refractivity contribution in [1.82, 2.24) is 10.3 Å². The van der Waals surface area contributed by atoms with E-state index in [0.717, 1.165) is 11.3 Å². The van der Waals surface area contributed by atoms with Crippen LogP contribution in [-0.2, 0) is 0 Å². The highest BCUT2D eigenvalue weighted by atomic mass is 35.5. The van der Waals surface area contributed by atoms with E-state index in [1.54, 1.807) is 7.11 Å². The molecule has 1 unspecified atom stereocenters. The SMILES string of the molecule is COc1ccc(C(C)NC(=O)c2cc(N)ncc2Cl)cc1. The van der Waals surface area contributed by atoms with Crippen molar-refractivity contribution in [2.75, 3.05) is 12.8 Å². The molecule has 2 aromatic rings. The number of methoxy groups -OCH3 is 1. The first kappa shape index (κ1) is 15.1. The zero-order valence-corrected chi connectivity index (χ0v) is 12.5. The number of hydrogen-bond acceptors (Lipinski definition) is 4. The number of benzene rings is 1. The van der Waals surface area contributed by atoms with Crippen molar-refractivity contribution >= 4 is 23.3 Å². The Hall–Kier alpha value is -2.27. The number of nitrogens with two attached hydrogens (primary N) is 1. The molecule has 5 nitrogen and oxygen atoms in total. The fourth-order valence-electron chi connectivity index (χ4n) is 1.88. The number of amides is 1. The maximum atomic E-state index is 12.2. The molecule has 110 valence electrons. The number of nitrogens with zero attached hydrogens (tertiary/aromatic N) is 1. The highest BCUT2D eigenvalue weighted by Crippen LogP contribution is 2.20. The van der Waals surface area contributed by atoms with Gasteiger partial charge in [0.1, 0.15) is 11.6 Å². The summed E-state index contributed by atoms with van der Waals surface area (Å²) in [6.07, 6.45) is 1.36. The van der Waals surface area contributed by atoms with Crippen molar-refractivity contribution in [3.05, 3.63) is 52.7 Å². The van der Waals surface area contributed by atoms with Crippen LogP contribution in [0, 0.1) is 0 Å². The maximum Gasteiger partial charge on any atom is 0.253 e. The molecule has 0 radical (unpaired) electrons. The second-order valence-electron chi connectivity index (χ2n) is 4.56. The summed E-state index contributed by atoms with van der Waals surface area (Å²) in [5.41, 5.74) is 6.85. The lowest BCUT2D eigenvalue weighted by atomic mass is 10.1. The molecule has 0 aliphatic rings. The number of aromatic nitrogens is 1. The van der Waals surface area contributed by atoms with Gasteiger partial charge >= 0.3 is 0 Å². The number of nitrogen functional groups attached to an aromatic ring is 1. The molecule has 0 aliphatic carbocycles. The first-order valence-corrected chi connectivity index (χ1v) is 6.75. The minimum absolute atomic E-state index is 0.172. The lowest BCUT2D eigenvalue weighted by Gasteiger charge is -2.15. The van der Waals surface area contributed by atoms with Gasteiger partial charge in [-0.2, -0.15) is 0 Å². The Morgan fingerprint density at radius 3 is 2.67 bits per heavy atom. The normalized spacial score (nSPS) is 11.8. The Balaban J connectivity index is 2.12. The van der Waals surface area contributed by atoms with E-state index in [9.17, 15) is 4.79 Å². The molecule has 6 heteroatoms. The third-order valence-corrected chi connectivity index (χ3v) is 3.39. The molecule has 3 N–H and O–H groups in total. The zero-order valence-electron chi connectivity index (χ0n) is 11.8. The van der Waals surface area contributed by atoms with Crippen LogP contribution in [-0.4, -0.2) is 18.0 Å². The van der Waals surface area contributed by atoms with Crippen LogP contribution in [0.15, 0.2) is 36.5 Å². The van der Waals surface area contributed by atoms with Crippen LogP contribution in [0.5, 0.6) is 5.75 Å². The van der Waals surface area contributed by atoms with Crippen LogP contribution in [0.2, 0.25) is 5.02 Å². The van der Waals surface area contributed by atoms with Gasteiger partial charge in [-0.3, -0.25) is 4.79 Å². The fourth-order valence-corrected chi connectivity index (χ4v) is 2.07. The van der Waals surface area contributed by atoms with E-state index in [1.807, 2.05) is 31.2 Å². The molecular formula is C15H16ClN3O2. The van der Waals surface area contributed by atoms with Crippen molar-refractivity contribution < 1.29 is 9.53 Å². The predicted molar refractivity (Wildman–Crippen MR) is 82.5 cm³/mol. The molecule has 0 saturated carbocycles. The number of rotatable bonds is 4. The van der Waals surface area contributed by atoms with Crippen molar-refractivity contribution in [3.63, 3.8) is 0 Å². The van der Waals surface area contributed by atoms with Gasteiger partial charge in [-0.25, -0.2) is 4.98 Å². The Kier molecular flexibility index (Phi) is 4.65. The number of anilines is 1. The Labute approximate surface area is 128 Å². The van der Waals surface area contributed by atoms with Crippen LogP contribution in [0.1, 0.15) is 28.9 Å². The quantitative estimate of drug-likeness (QED) is 0.910. The Morgan fingerprint density at radius 2 is 2.05 bits per heavy atom. The van der Waals surface area contributed by atoms with E-state index >= 15 is 0 Å². The number of carbonyl (C=O) groups is 1. The van der Waals surface area contributed by atoms with Crippen LogP contribution in [0.25, 0.3) is 0 Å². The average molecular weight is 306 g/mol. The molecule has 0 bridgehead atoms. The summed E-state index contributed by atoms with van der Waals surface area (Å²) in [6, 6.07) is 8.76. The minimum Gasteiger partial charge on any atom is -0.497 e. The van der Waals surface area contributed by atoms with Crippen LogP contribution >= 0.6 is 11.6 Å². The summed E-state index contributed by atoms with van der Waals surface area (Å²) >= 11 is 5.96. The molecule has 1 aromatic heterocycles. The van der Waals surface area contributed by atoms with Gasteiger partial charge in [0.15, 0.2) is 0 Å². The summed E-state index contributed by atoms with van der Waals surface area (Å²) in [6.45, 7) is 1.89. The number of carbonyl (C=O) groups excluding carboxylic acids is 1. The van der Waals surface area contributed by atoms with Gasteiger partial charge in [-0.05, 0) is 30.7 Å². The van der Waals surface area contributed by atoms with E-state index in [-0.39, 0.29) is 22.8 Å². The molecule has 2 rings (SSSR count). The molecule has 1 aromatic carbocycles. The van der Waals surface area contributed by atoms with Gasteiger partial charge in [-0.15, -0.1) is 0 Å². The molecule has 0 aliphatic heterocycles. The lowest BCUT2D eigenvalue weighted by Crippen LogP contribution is -2.27. The van der Waals surface area contributed by atoms with E-state index in [4.69, 9.17) is 22.1 Å². The first-order valence-electron chi connectivity index (χ1n) is 6.37. The van der Waals surface area contributed by atoms with E-state index in [2.05, 4.69) is 10.3 Å². The summed E-state index contributed by atoms with van der Waals surface area (Å²) in [5.74, 6) is 0.723. The molecule has 1 heterocycles. The standard InChI is InChI=1S/C15H16ClN3O2/c1-9(10-3-5-11(21-2)6-4-10)19-15(20)12-7-14(17)18-8-13(12)16/h3-9H,1-2H3,(H2,17,18)(H,19,20). The van der Waals surface area contributed by atoms with E-state index in [1.165, 1.54) is 12.3 Å². The number of hydrogen-bond donors (Lipinski definition) is 2. The van der Waals surface area contributed by atoms with Crippen LogP contribution in [0.4, 0.5) is 5.82 Å². The third-order valence-electron chi connectivity index (χ3n) is 3.08. The largest absolute Gasteiger partial charge is 0.497 e. The molecular weight excluding hydrogens is 290 g/mol. The maximum absolute atomic E-state index is 12.2. The van der Waals surface area contributed by atoms with Crippen molar-refractivity contribution in [3.8, 4) is 5.75 Å². The van der Waals surface area contributed by atoms with Gasteiger partial charge in [0.05, 0.1) is 23.7 Å². The number of nitrogens with one attached hydrogen (secondary N) is 1. The summed E-state index contributed by atoms with van der Waals surface area (Å²) in [7, 11) is 1.61. The number of ether oxygens (including phenoxy) is 1. The topological polar surface area (TPSA) is 77.2 Å². The second kappa shape index (κ2) is 6.45. The van der Waals surface area contributed by atoms with Crippen LogP contribution in [0.3, 0.4) is 0 Å². The Bertz CT molecular complexity index is 644. The zero-order chi connectivity index (χ0) is 15.4.